The van der Waals surface area contributed by atoms with Crippen molar-refractivity contribution in [3.05, 3.63) is 29.8 Å². The van der Waals surface area contributed by atoms with Crippen LogP contribution in [0.15, 0.2) is 24.3 Å². The van der Waals surface area contributed by atoms with Gasteiger partial charge in [-0.1, -0.05) is 18.2 Å². The fraction of sp³-hybridized carbons (Fsp3) is 0.400. The molecule has 0 bridgehead atoms. The molecule has 1 aliphatic rings. The topological polar surface area (TPSA) is 29.3 Å². The molecule has 0 fully saturated rings. The zero-order chi connectivity index (χ0) is 8.39. The van der Waals surface area contributed by atoms with Crippen molar-refractivity contribution in [2.45, 2.75) is 12.8 Å². The molecule has 0 unspecified atom stereocenters. The van der Waals surface area contributed by atoms with E-state index in [1.807, 2.05) is 0 Å². The second-order valence-electron chi connectivity index (χ2n) is 3.18. The van der Waals surface area contributed by atoms with Crippen LogP contribution in [0.25, 0.3) is 0 Å². The van der Waals surface area contributed by atoms with E-state index in [0.717, 1.165) is 6.54 Å². The Labute approximate surface area is 73.0 Å². The lowest BCUT2D eigenvalue weighted by molar-refractivity contribution is 0.699. The van der Waals surface area contributed by atoms with E-state index >= 15 is 0 Å². The molecule has 1 aliphatic heterocycles. The molecule has 12 heavy (non-hydrogen) atoms. The van der Waals surface area contributed by atoms with E-state index in [-0.39, 0.29) is 0 Å². The van der Waals surface area contributed by atoms with Gasteiger partial charge in [0.25, 0.3) is 0 Å². The van der Waals surface area contributed by atoms with Crippen LogP contribution in [0, 0.1) is 0 Å². The van der Waals surface area contributed by atoms with Crippen LogP contribution in [-0.2, 0) is 6.42 Å². The minimum atomic E-state index is 0.636. The van der Waals surface area contributed by atoms with E-state index in [2.05, 4.69) is 29.2 Å². The first-order chi connectivity index (χ1) is 5.92. The number of aryl methyl sites for hydroxylation is 1. The summed E-state index contributed by atoms with van der Waals surface area (Å²) in [4.78, 5) is 2.23. The number of hydrogen-bond acceptors (Lipinski definition) is 2. The first-order valence-corrected chi connectivity index (χ1v) is 4.45. The Hall–Kier alpha value is -1.02. The van der Waals surface area contributed by atoms with Crippen LogP contribution < -0.4 is 10.6 Å². The molecule has 0 aliphatic carbocycles. The normalized spacial score (nSPS) is 15.9. The summed E-state index contributed by atoms with van der Waals surface area (Å²) >= 11 is 0. The maximum Gasteiger partial charge on any atom is 0.0657 e. The highest BCUT2D eigenvalue weighted by Crippen LogP contribution is 2.25. The van der Waals surface area contributed by atoms with Crippen molar-refractivity contribution in [2.75, 3.05) is 18.1 Å². The second kappa shape index (κ2) is 3.15. The van der Waals surface area contributed by atoms with E-state index in [9.17, 15) is 0 Å². The van der Waals surface area contributed by atoms with Gasteiger partial charge in [0.1, 0.15) is 0 Å². The number of hydrogen-bond donors (Lipinski definition) is 1. The first kappa shape index (κ1) is 7.62. The number of nitrogens with zero attached hydrogens (tertiary/aromatic N) is 1. The molecule has 0 spiro atoms. The number of nitrogens with two attached hydrogens (primary N) is 1. The van der Waals surface area contributed by atoms with Gasteiger partial charge in [0, 0.05) is 12.2 Å². The minimum absolute atomic E-state index is 0.636. The molecular formula is C10H14N2. The third-order valence-electron chi connectivity index (χ3n) is 2.43. The van der Waals surface area contributed by atoms with Crippen LogP contribution in [-0.4, -0.2) is 13.2 Å². The largest absolute Gasteiger partial charge is 0.359 e. The SMILES string of the molecule is NCN1CCCc2ccccc21. The lowest BCUT2D eigenvalue weighted by Gasteiger charge is -2.29. The second-order valence-corrected chi connectivity index (χ2v) is 3.18. The smallest absolute Gasteiger partial charge is 0.0657 e. The summed E-state index contributed by atoms with van der Waals surface area (Å²) < 4.78 is 0. The molecule has 0 saturated heterocycles. The van der Waals surface area contributed by atoms with Crippen LogP contribution in [0.5, 0.6) is 0 Å². The monoisotopic (exact) mass is 162 g/mol. The van der Waals surface area contributed by atoms with Gasteiger partial charge >= 0.3 is 0 Å². The van der Waals surface area contributed by atoms with Gasteiger partial charge in [0.15, 0.2) is 0 Å². The molecule has 2 N–H and O–H groups in total. The zero-order valence-electron chi connectivity index (χ0n) is 7.16. The summed E-state index contributed by atoms with van der Waals surface area (Å²) in [6.45, 7) is 1.74. The number of benzene rings is 1. The van der Waals surface area contributed by atoms with E-state index in [0.29, 0.717) is 6.67 Å². The summed E-state index contributed by atoms with van der Waals surface area (Å²) in [5, 5.41) is 0. The van der Waals surface area contributed by atoms with Gasteiger partial charge < -0.3 is 10.6 Å². The average molecular weight is 162 g/mol. The van der Waals surface area contributed by atoms with Gasteiger partial charge in [-0.15, -0.1) is 0 Å². The van der Waals surface area contributed by atoms with Crippen LogP contribution in [0.4, 0.5) is 5.69 Å². The number of anilines is 1. The quantitative estimate of drug-likeness (QED) is 0.675. The maximum absolute atomic E-state index is 5.64. The van der Waals surface area contributed by atoms with Crippen molar-refractivity contribution < 1.29 is 0 Å². The number of para-hydroxylation sites is 1. The van der Waals surface area contributed by atoms with Crippen molar-refractivity contribution in [3.63, 3.8) is 0 Å². The van der Waals surface area contributed by atoms with Gasteiger partial charge in [-0.2, -0.15) is 0 Å². The Bertz CT molecular complexity index is 270. The molecule has 0 atom stereocenters. The summed E-state index contributed by atoms with van der Waals surface area (Å²) in [5.74, 6) is 0. The Balaban J connectivity index is 2.37. The molecule has 0 saturated carbocycles. The van der Waals surface area contributed by atoms with Crippen molar-refractivity contribution in [2.24, 2.45) is 5.73 Å². The molecule has 2 heteroatoms. The van der Waals surface area contributed by atoms with Crippen LogP contribution in [0.3, 0.4) is 0 Å². The molecule has 64 valence electrons. The molecule has 0 aromatic heterocycles. The Morgan fingerprint density at radius 1 is 1.33 bits per heavy atom. The predicted molar refractivity (Wildman–Crippen MR) is 51.2 cm³/mol. The van der Waals surface area contributed by atoms with Crippen molar-refractivity contribution in [3.8, 4) is 0 Å². The summed E-state index contributed by atoms with van der Waals surface area (Å²) in [5.41, 5.74) is 8.41. The molecule has 0 radical (unpaired) electrons. The van der Waals surface area contributed by atoms with Gasteiger partial charge in [-0.3, -0.25) is 0 Å². The Morgan fingerprint density at radius 2 is 2.17 bits per heavy atom. The third kappa shape index (κ3) is 1.18. The molecule has 2 rings (SSSR count). The van der Waals surface area contributed by atoms with E-state index < -0.39 is 0 Å². The standard InChI is InChI=1S/C10H14N2/c11-8-12-7-3-5-9-4-1-2-6-10(9)12/h1-2,4,6H,3,5,7-8,11H2. The highest BCUT2D eigenvalue weighted by Gasteiger charge is 2.13. The highest BCUT2D eigenvalue weighted by atomic mass is 15.2. The van der Waals surface area contributed by atoms with Crippen molar-refractivity contribution in [1.82, 2.24) is 0 Å². The van der Waals surface area contributed by atoms with E-state index in [1.54, 1.807) is 0 Å². The molecular weight excluding hydrogens is 148 g/mol. The van der Waals surface area contributed by atoms with Gasteiger partial charge in [-0.05, 0) is 24.5 Å². The lowest BCUT2D eigenvalue weighted by Crippen LogP contribution is -2.34. The fourth-order valence-corrected chi connectivity index (χ4v) is 1.80. The Kier molecular flexibility index (Phi) is 2.00. The van der Waals surface area contributed by atoms with Gasteiger partial charge in [-0.25, -0.2) is 0 Å². The average Bonchev–Trinajstić information content (AvgIpc) is 2.17. The number of fused-ring (bicyclic) bond motifs is 1. The fourth-order valence-electron chi connectivity index (χ4n) is 1.80. The zero-order valence-corrected chi connectivity index (χ0v) is 7.16. The van der Waals surface area contributed by atoms with Crippen molar-refractivity contribution >= 4 is 5.69 Å². The molecule has 1 aromatic rings. The van der Waals surface area contributed by atoms with Crippen LogP contribution in [0.2, 0.25) is 0 Å². The van der Waals surface area contributed by atoms with Crippen LogP contribution in [0.1, 0.15) is 12.0 Å². The molecule has 2 nitrogen and oxygen atoms in total. The highest BCUT2D eigenvalue weighted by molar-refractivity contribution is 5.55. The lowest BCUT2D eigenvalue weighted by atomic mass is 10.0. The molecule has 0 amide bonds. The summed E-state index contributed by atoms with van der Waals surface area (Å²) in [7, 11) is 0. The Morgan fingerprint density at radius 3 is 3.00 bits per heavy atom. The van der Waals surface area contributed by atoms with E-state index in [1.165, 1.54) is 24.1 Å². The van der Waals surface area contributed by atoms with Crippen LogP contribution >= 0.6 is 0 Å². The maximum atomic E-state index is 5.64. The summed E-state index contributed by atoms with van der Waals surface area (Å²) in [6, 6.07) is 8.52. The van der Waals surface area contributed by atoms with E-state index in [4.69, 9.17) is 5.73 Å². The van der Waals surface area contributed by atoms with Crippen molar-refractivity contribution in [1.29, 1.82) is 0 Å². The molecule has 1 aromatic carbocycles. The molecule has 1 heterocycles. The van der Waals surface area contributed by atoms with Gasteiger partial charge in [0.2, 0.25) is 0 Å². The predicted octanol–water partition coefficient (Wildman–Crippen LogP) is 1.36. The van der Waals surface area contributed by atoms with Gasteiger partial charge in [0.05, 0.1) is 6.67 Å². The first-order valence-electron chi connectivity index (χ1n) is 4.45. The summed E-state index contributed by atoms with van der Waals surface area (Å²) in [6.07, 6.45) is 2.43. The number of rotatable bonds is 1. The third-order valence-corrected chi connectivity index (χ3v) is 2.43. The minimum Gasteiger partial charge on any atom is -0.359 e.